The number of hydrogen-bond donors (Lipinski definition) is 0. The molecule has 0 bridgehead atoms. The molecule has 5 nitrogen and oxygen atoms in total. The number of halogens is 1. The van der Waals surface area contributed by atoms with Gasteiger partial charge < -0.3 is 14.0 Å². The summed E-state index contributed by atoms with van der Waals surface area (Å²) in [4.78, 5) is 10.8. The first-order valence-corrected chi connectivity index (χ1v) is 5.54. The fraction of sp³-hybridized carbons (Fsp3) is 0.231. The predicted molar refractivity (Wildman–Crippen MR) is 63.3 cm³/mol. The van der Waals surface area contributed by atoms with Crippen molar-refractivity contribution in [2.24, 2.45) is 0 Å². The minimum Gasteiger partial charge on any atom is -0.486 e. The van der Waals surface area contributed by atoms with E-state index >= 15 is 0 Å². The third kappa shape index (κ3) is 3.38. The topological polar surface area (TPSA) is 61.6 Å². The Hall–Kier alpha value is -2.21. The zero-order valence-corrected chi connectivity index (χ0v) is 10.3. The number of benzene rings is 1. The molecule has 0 aliphatic rings. The summed E-state index contributed by atoms with van der Waals surface area (Å²) in [5.74, 6) is 0.391. The average Bonchev–Trinajstić information content (AvgIpc) is 2.85. The summed E-state index contributed by atoms with van der Waals surface area (Å²) in [6.45, 7) is 0.447. The SMILES string of the molecule is COCc1cc(COc2ccc(F)cc2C=O)no1. The van der Waals surface area contributed by atoms with Gasteiger partial charge in [0, 0.05) is 13.2 Å². The number of carbonyl (C=O) groups excluding carboxylic acids is 1. The maximum atomic E-state index is 12.9. The van der Waals surface area contributed by atoms with Crippen LogP contribution in [0.5, 0.6) is 5.75 Å². The third-order valence-electron chi connectivity index (χ3n) is 2.37. The molecule has 0 fully saturated rings. The van der Waals surface area contributed by atoms with Crippen molar-refractivity contribution < 1.29 is 23.2 Å². The van der Waals surface area contributed by atoms with Crippen molar-refractivity contribution in [3.8, 4) is 5.75 Å². The van der Waals surface area contributed by atoms with Crippen LogP contribution < -0.4 is 4.74 Å². The van der Waals surface area contributed by atoms with Crippen molar-refractivity contribution in [2.45, 2.75) is 13.2 Å². The minimum atomic E-state index is -0.488. The molecule has 0 aliphatic carbocycles. The maximum Gasteiger partial charge on any atom is 0.162 e. The Kier molecular flexibility index (Phi) is 4.25. The minimum absolute atomic E-state index is 0.125. The first-order valence-electron chi connectivity index (χ1n) is 5.54. The zero-order valence-electron chi connectivity index (χ0n) is 10.3. The molecule has 2 rings (SSSR count). The molecule has 0 aliphatic heterocycles. The number of aldehydes is 1. The van der Waals surface area contributed by atoms with Gasteiger partial charge >= 0.3 is 0 Å². The first-order chi connectivity index (χ1) is 9.22. The quantitative estimate of drug-likeness (QED) is 0.750. The molecule has 6 heteroatoms. The molecule has 0 spiro atoms. The smallest absolute Gasteiger partial charge is 0.162 e. The monoisotopic (exact) mass is 265 g/mol. The standard InChI is InChI=1S/C13H12FNO4/c1-17-8-12-5-11(15-19-12)7-18-13-3-2-10(14)4-9(13)6-16/h2-6H,7-8H2,1H3. The van der Waals surface area contributed by atoms with Gasteiger partial charge in [-0.2, -0.15) is 0 Å². The van der Waals surface area contributed by atoms with E-state index in [2.05, 4.69) is 5.16 Å². The summed E-state index contributed by atoms with van der Waals surface area (Å²) in [6, 6.07) is 5.42. The highest BCUT2D eigenvalue weighted by atomic mass is 19.1. The summed E-state index contributed by atoms with van der Waals surface area (Å²) in [5, 5.41) is 3.78. The second kappa shape index (κ2) is 6.10. The van der Waals surface area contributed by atoms with Gasteiger partial charge in [0.05, 0.1) is 5.56 Å². The Morgan fingerprint density at radius 2 is 2.21 bits per heavy atom. The lowest BCUT2D eigenvalue weighted by Gasteiger charge is -2.06. The van der Waals surface area contributed by atoms with Crippen LogP contribution in [0.4, 0.5) is 4.39 Å². The highest BCUT2D eigenvalue weighted by molar-refractivity contribution is 5.79. The molecule has 0 unspecified atom stereocenters. The molecular formula is C13H12FNO4. The van der Waals surface area contributed by atoms with E-state index in [1.54, 1.807) is 13.2 Å². The van der Waals surface area contributed by atoms with Gasteiger partial charge in [-0.25, -0.2) is 4.39 Å². The van der Waals surface area contributed by atoms with E-state index in [4.69, 9.17) is 14.0 Å². The lowest BCUT2D eigenvalue weighted by Crippen LogP contribution is -1.99. The molecule has 0 saturated carbocycles. The molecular weight excluding hydrogens is 253 g/mol. The first kappa shape index (κ1) is 13.2. The Morgan fingerprint density at radius 3 is 2.95 bits per heavy atom. The van der Waals surface area contributed by atoms with Crippen molar-refractivity contribution >= 4 is 6.29 Å². The molecule has 1 heterocycles. The van der Waals surface area contributed by atoms with Gasteiger partial charge in [-0.3, -0.25) is 4.79 Å². The van der Waals surface area contributed by atoms with Gasteiger partial charge in [-0.15, -0.1) is 0 Å². The van der Waals surface area contributed by atoms with Crippen LogP contribution >= 0.6 is 0 Å². The Balaban J connectivity index is 2.03. The summed E-state index contributed by atoms with van der Waals surface area (Å²) in [5.41, 5.74) is 0.717. The summed E-state index contributed by atoms with van der Waals surface area (Å²) < 4.78 is 28.2. The summed E-state index contributed by atoms with van der Waals surface area (Å²) >= 11 is 0. The van der Waals surface area contributed by atoms with E-state index in [1.165, 1.54) is 12.1 Å². The van der Waals surface area contributed by atoms with Gasteiger partial charge in [-0.05, 0) is 18.2 Å². The van der Waals surface area contributed by atoms with Gasteiger partial charge in [0.15, 0.2) is 12.0 Å². The van der Waals surface area contributed by atoms with Gasteiger partial charge in [0.25, 0.3) is 0 Å². The highest BCUT2D eigenvalue weighted by Crippen LogP contribution is 2.19. The number of nitrogens with zero attached hydrogens (tertiary/aromatic N) is 1. The van der Waals surface area contributed by atoms with Crippen molar-refractivity contribution in [2.75, 3.05) is 7.11 Å². The van der Waals surface area contributed by atoms with Crippen LogP contribution in [0.3, 0.4) is 0 Å². The number of hydrogen-bond acceptors (Lipinski definition) is 5. The predicted octanol–water partition coefficient (Wildman–Crippen LogP) is 2.35. The molecule has 0 radical (unpaired) electrons. The highest BCUT2D eigenvalue weighted by Gasteiger charge is 2.08. The largest absolute Gasteiger partial charge is 0.486 e. The number of rotatable bonds is 6. The molecule has 1 aromatic heterocycles. The maximum absolute atomic E-state index is 12.9. The van der Waals surface area contributed by atoms with Gasteiger partial charge in [0.1, 0.15) is 30.5 Å². The Morgan fingerprint density at radius 1 is 1.37 bits per heavy atom. The van der Waals surface area contributed by atoms with Crippen LogP contribution in [0.2, 0.25) is 0 Å². The normalized spacial score (nSPS) is 10.4. The van der Waals surface area contributed by atoms with Crippen molar-refractivity contribution in [3.05, 3.63) is 47.1 Å². The second-order valence-electron chi connectivity index (χ2n) is 3.81. The molecule has 0 atom stereocenters. The van der Waals surface area contributed by atoms with E-state index in [0.717, 1.165) is 6.07 Å². The zero-order chi connectivity index (χ0) is 13.7. The summed E-state index contributed by atoms with van der Waals surface area (Å²) in [7, 11) is 1.55. The van der Waals surface area contributed by atoms with E-state index < -0.39 is 5.82 Å². The molecule has 100 valence electrons. The average molecular weight is 265 g/mol. The number of carbonyl (C=O) groups is 1. The summed E-state index contributed by atoms with van der Waals surface area (Å²) in [6.07, 6.45) is 0.539. The van der Waals surface area contributed by atoms with Crippen LogP contribution in [0.25, 0.3) is 0 Å². The second-order valence-corrected chi connectivity index (χ2v) is 3.81. The van der Waals surface area contributed by atoms with Crippen molar-refractivity contribution in [1.82, 2.24) is 5.16 Å². The van der Waals surface area contributed by atoms with E-state index in [0.29, 0.717) is 30.1 Å². The van der Waals surface area contributed by atoms with E-state index in [9.17, 15) is 9.18 Å². The molecule has 0 saturated heterocycles. The fourth-order valence-corrected chi connectivity index (χ4v) is 1.53. The van der Waals surface area contributed by atoms with Gasteiger partial charge in [0.2, 0.25) is 0 Å². The molecule has 0 amide bonds. The van der Waals surface area contributed by atoms with Crippen LogP contribution in [0.15, 0.2) is 28.8 Å². The molecule has 19 heavy (non-hydrogen) atoms. The van der Waals surface area contributed by atoms with E-state index in [-0.39, 0.29) is 12.2 Å². The Bertz CT molecular complexity index is 568. The third-order valence-corrected chi connectivity index (χ3v) is 2.37. The van der Waals surface area contributed by atoms with Gasteiger partial charge in [-0.1, -0.05) is 5.16 Å². The van der Waals surface area contributed by atoms with Crippen LogP contribution in [0, 0.1) is 5.82 Å². The lowest BCUT2D eigenvalue weighted by atomic mass is 10.2. The number of ether oxygens (including phenoxy) is 2. The van der Waals surface area contributed by atoms with E-state index in [1.807, 2.05) is 0 Å². The van der Waals surface area contributed by atoms with Crippen LogP contribution in [-0.4, -0.2) is 18.6 Å². The molecule has 2 aromatic rings. The van der Waals surface area contributed by atoms with Crippen molar-refractivity contribution in [3.63, 3.8) is 0 Å². The lowest BCUT2D eigenvalue weighted by molar-refractivity contribution is 0.111. The van der Waals surface area contributed by atoms with Crippen LogP contribution in [0.1, 0.15) is 21.8 Å². The number of aromatic nitrogens is 1. The van der Waals surface area contributed by atoms with Crippen molar-refractivity contribution in [1.29, 1.82) is 0 Å². The number of methoxy groups -OCH3 is 1. The van der Waals surface area contributed by atoms with Crippen LogP contribution in [-0.2, 0) is 18.0 Å². The fourth-order valence-electron chi connectivity index (χ4n) is 1.53. The molecule has 0 N–H and O–H groups in total. The Labute approximate surface area is 108 Å². The molecule has 1 aromatic carbocycles.